The highest BCUT2D eigenvalue weighted by molar-refractivity contribution is 8.14. The second-order valence-corrected chi connectivity index (χ2v) is 6.56. The number of carbonyl (C=O) groups is 2. The fraction of sp³-hybridized carbons (Fsp3) is 0.467. The van der Waals surface area contributed by atoms with Gasteiger partial charge in [0.1, 0.15) is 6.04 Å². The lowest BCUT2D eigenvalue weighted by atomic mass is 10.0. The van der Waals surface area contributed by atoms with Crippen LogP contribution in [0.1, 0.15) is 24.9 Å². The Morgan fingerprint density at radius 1 is 1.40 bits per heavy atom. The van der Waals surface area contributed by atoms with E-state index in [1.807, 2.05) is 18.2 Å². The van der Waals surface area contributed by atoms with Crippen LogP contribution in [0.3, 0.4) is 0 Å². The van der Waals surface area contributed by atoms with Gasteiger partial charge < -0.3 is 10.6 Å². The van der Waals surface area contributed by atoms with E-state index in [9.17, 15) is 9.59 Å². The van der Waals surface area contributed by atoms with Crippen molar-refractivity contribution >= 4 is 22.9 Å². The summed E-state index contributed by atoms with van der Waals surface area (Å²) in [6.45, 7) is 2.21. The fourth-order valence-corrected chi connectivity index (χ4v) is 3.47. The summed E-state index contributed by atoms with van der Waals surface area (Å²) in [4.78, 5) is 23.5. The number of carbonyl (C=O) groups excluding carboxylic acids is 2. The highest BCUT2D eigenvalue weighted by atomic mass is 32.2. The van der Waals surface area contributed by atoms with Crippen molar-refractivity contribution in [2.45, 2.75) is 25.4 Å². The van der Waals surface area contributed by atoms with Crippen LogP contribution >= 0.6 is 11.8 Å². The summed E-state index contributed by atoms with van der Waals surface area (Å²) in [7, 11) is 0. The maximum atomic E-state index is 12.3. The molecule has 0 aromatic heterocycles. The van der Waals surface area contributed by atoms with Gasteiger partial charge in [-0.1, -0.05) is 49.0 Å². The van der Waals surface area contributed by atoms with E-state index >= 15 is 0 Å². The summed E-state index contributed by atoms with van der Waals surface area (Å²) in [6, 6.07) is 9.74. The van der Waals surface area contributed by atoms with E-state index in [4.69, 9.17) is 0 Å². The average molecular weight is 290 g/mol. The topological polar surface area (TPSA) is 58.2 Å². The van der Waals surface area contributed by atoms with Gasteiger partial charge in [-0.25, -0.2) is 0 Å². The van der Waals surface area contributed by atoms with Crippen LogP contribution in [0.2, 0.25) is 0 Å². The van der Waals surface area contributed by atoms with E-state index in [1.165, 1.54) is 11.8 Å². The van der Waals surface area contributed by atoms with Crippen LogP contribution in [-0.4, -0.2) is 22.9 Å². The van der Waals surface area contributed by atoms with Crippen molar-refractivity contribution in [1.29, 1.82) is 0 Å². The van der Waals surface area contributed by atoms with Gasteiger partial charge >= 0.3 is 0 Å². The predicted octanol–water partition coefficient (Wildman–Crippen LogP) is 2.32. The van der Waals surface area contributed by atoms with Gasteiger partial charge in [0.25, 0.3) is 5.24 Å². The highest BCUT2D eigenvalue weighted by Crippen LogP contribution is 2.46. The Labute approximate surface area is 122 Å². The summed E-state index contributed by atoms with van der Waals surface area (Å²) in [5.41, 5.74) is 1.15. The molecule has 4 atom stereocenters. The standard InChI is InChI=1S/C15H18N2O2S/c1-9-7-11(9)13(10-5-3-2-4-6-10)17-14(18)12-8-20-15(19)16-12/h2-6,9,11-13H,7-8H2,1H3,(H,16,19)(H,17,18)/t9-,11+,12+,13-/m1/s1. The third-order valence-electron chi connectivity index (χ3n) is 4.05. The molecular formula is C15H18N2O2S. The lowest BCUT2D eigenvalue weighted by Crippen LogP contribution is -2.44. The van der Waals surface area contributed by atoms with Gasteiger partial charge in [-0.2, -0.15) is 0 Å². The SMILES string of the molecule is C[C@@H]1C[C@@H]1[C@H](NC(=O)[C@@H]1CSC(=O)N1)c1ccccc1. The second kappa shape index (κ2) is 5.48. The van der Waals surface area contributed by atoms with E-state index in [0.717, 1.165) is 12.0 Å². The first-order chi connectivity index (χ1) is 9.65. The molecule has 1 saturated heterocycles. The monoisotopic (exact) mass is 290 g/mol. The Kier molecular flexibility index (Phi) is 3.70. The molecule has 106 valence electrons. The van der Waals surface area contributed by atoms with E-state index in [2.05, 4.69) is 29.7 Å². The molecule has 0 unspecified atom stereocenters. The molecule has 1 aromatic carbocycles. The van der Waals surface area contributed by atoms with Crippen LogP contribution in [0.25, 0.3) is 0 Å². The quantitative estimate of drug-likeness (QED) is 0.894. The summed E-state index contributed by atoms with van der Waals surface area (Å²) >= 11 is 1.17. The molecule has 3 rings (SSSR count). The van der Waals surface area contributed by atoms with Crippen molar-refractivity contribution in [2.24, 2.45) is 11.8 Å². The number of hydrogen-bond donors (Lipinski definition) is 2. The Morgan fingerprint density at radius 3 is 2.65 bits per heavy atom. The molecule has 2 N–H and O–H groups in total. The lowest BCUT2D eigenvalue weighted by molar-refractivity contribution is -0.123. The van der Waals surface area contributed by atoms with Crippen LogP contribution in [0.5, 0.6) is 0 Å². The number of amides is 2. The minimum absolute atomic E-state index is 0.0567. The van der Waals surface area contributed by atoms with Gasteiger partial charge in [0, 0.05) is 5.75 Å². The molecule has 5 heteroatoms. The van der Waals surface area contributed by atoms with Crippen molar-refractivity contribution in [3.63, 3.8) is 0 Å². The van der Waals surface area contributed by atoms with Crippen LogP contribution < -0.4 is 10.6 Å². The van der Waals surface area contributed by atoms with Crippen LogP contribution in [0.4, 0.5) is 4.79 Å². The molecule has 1 aliphatic carbocycles. The van der Waals surface area contributed by atoms with Gasteiger partial charge in [0.05, 0.1) is 6.04 Å². The summed E-state index contributed by atoms with van der Waals surface area (Å²) < 4.78 is 0. The number of nitrogens with one attached hydrogen (secondary N) is 2. The average Bonchev–Trinajstić information content (AvgIpc) is 3.00. The summed E-state index contributed by atoms with van der Waals surface area (Å²) in [5, 5.41) is 5.70. The highest BCUT2D eigenvalue weighted by Gasteiger charge is 2.42. The largest absolute Gasteiger partial charge is 0.347 e. The molecule has 20 heavy (non-hydrogen) atoms. The Hall–Kier alpha value is -1.49. The first-order valence-electron chi connectivity index (χ1n) is 6.94. The van der Waals surface area contributed by atoms with E-state index in [0.29, 0.717) is 17.6 Å². The molecule has 1 aromatic rings. The van der Waals surface area contributed by atoms with E-state index in [-0.39, 0.29) is 17.2 Å². The molecule has 2 amide bonds. The first-order valence-corrected chi connectivity index (χ1v) is 7.92. The normalized spacial score (nSPS) is 29.6. The Bertz CT molecular complexity index is 520. The van der Waals surface area contributed by atoms with Gasteiger partial charge in [-0.15, -0.1) is 0 Å². The Balaban J connectivity index is 1.71. The molecule has 1 heterocycles. The molecule has 1 saturated carbocycles. The maximum Gasteiger partial charge on any atom is 0.279 e. The second-order valence-electron chi connectivity index (χ2n) is 5.57. The molecular weight excluding hydrogens is 272 g/mol. The van der Waals surface area contributed by atoms with Gasteiger partial charge in [-0.3, -0.25) is 9.59 Å². The van der Waals surface area contributed by atoms with Gasteiger partial charge in [0.2, 0.25) is 5.91 Å². The molecule has 2 fully saturated rings. The molecule has 0 spiro atoms. The molecule has 0 radical (unpaired) electrons. The van der Waals surface area contributed by atoms with Crippen molar-refractivity contribution in [3.05, 3.63) is 35.9 Å². The van der Waals surface area contributed by atoms with Crippen molar-refractivity contribution < 1.29 is 9.59 Å². The minimum atomic E-state index is -0.396. The summed E-state index contributed by atoms with van der Waals surface area (Å²) in [6.07, 6.45) is 1.14. The molecule has 1 aliphatic heterocycles. The van der Waals surface area contributed by atoms with Crippen molar-refractivity contribution in [3.8, 4) is 0 Å². The summed E-state index contributed by atoms with van der Waals surface area (Å²) in [5.74, 6) is 1.60. The van der Waals surface area contributed by atoms with E-state index < -0.39 is 6.04 Å². The molecule has 4 nitrogen and oxygen atoms in total. The smallest absolute Gasteiger partial charge is 0.279 e. The van der Waals surface area contributed by atoms with Crippen LogP contribution in [0.15, 0.2) is 30.3 Å². The van der Waals surface area contributed by atoms with Crippen LogP contribution in [0, 0.1) is 11.8 Å². The number of thioether (sulfide) groups is 1. The fourth-order valence-electron chi connectivity index (χ4n) is 2.69. The number of benzene rings is 1. The lowest BCUT2D eigenvalue weighted by Gasteiger charge is -2.21. The van der Waals surface area contributed by atoms with Crippen molar-refractivity contribution in [2.75, 3.05) is 5.75 Å². The predicted molar refractivity (Wildman–Crippen MR) is 79.4 cm³/mol. The zero-order chi connectivity index (χ0) is 14.1. The molecule has 2 aliphatic rings. The Morgan fingerprint density at radius 2 is 2.10 bits per heavy atom. The maximum absolute atomic E-state index is 12.3. The zero-order valence-corrected chi connectivity index (χ0v) is 12.2. The van der Waals surface area contributed by atoms with Gasteiger partial charge in [-0.05, 0) is 23.8 Å². The van der Waals surface area contributed by atoms with Gasteiger partial charge in [0.15, 0.2) is 0 Å². The van der Waals surface area contributed by atoms with Crippen LogP contribution in [-0.2, 0) is 4.79 Å². The number of hydrogen-bond acceptors (Lipinski definition) is 3. The van der Waals surface area contributed by atoms with E-state index in [1.54, 1.807) is 0 Å². The first kappa shape index (κ1) is 13.5. The van der Waals surface area contributed by atoms with Crippen molar-refractivity contribution in [1.82, 2.24) is 10.6 Å². The third-order valence-corrected chi connectivity index (χ3v) is 4.93. The molecule has 0 bridgehead atoms. The number of rotatable bonds is 4. The minimum Gasteiger partial charge on any atom is -0.347 e. The zero-order valence-electron chi connectivity index (χ0n) is 11.3. The third kappa shape index (κ3) is 2.82.